The van der Waals surface area contributed by atoms with Crippen LogP contribution in [0.5, 0.6) is 5.75 Å². The number of amides is 3. The van der Waals surface area contributed by atoms with Crippen molar-refractivity contribution >= 4 is 41.8 Å². The van der Waals surface area contributed by atoms with Crippen molar-refractivity contribution in [3.05, 3.63) is 84.4 Å². The molecule has 3 aromatic carbocycles. The van der Waals surface area contributed by atoms with Gasteiger partial charge in [-0.1, -0.05) is 49.2 Å². The molecule has 0 heterocycles. The molecule has 2 N–H and O–H groups in total. The Kier molecular flexibility index (Phi) is 6.18. The predicted octanol–water partition coefficient (Wildman–Crippen LogP) is 4.83. The van der Waals surface area contributed by atoms with Crippen LogP contribution in [-0.2, 0) is 0 Å². The van der Waals surface area contributed by atoms with E-state index in [-0.39, 0.29) is 5.91 Å². The summed E-state index contributed by atoms with van der Waals surface area (Å²) < 4.78 is 6.42. The molecule has 0 aliphatic heterocycles. The van der Waals surface area contributed by atoms with Crippen LogP contribution in [0.15, 0.2) is 78.9 Å². The van der Waals surface area contributed by atoms with Crippen LogP contribution in [0, 0.1) is 0 Å². The van der Waals surface area contributed by atoms with Gasteiger partial charge >= 0.3 is 6.03 Å². The van der Waals surface area contributed by atoms with E-state index in [0.717, 1.165) is 4.31 Å². The minimum atomic E-state index is -0.478. The molecule has 0 spiro atoms. The third-order valence-electron chi connectivity index (χ3n) is 3.92. The molecule has 3 aromatic rings. The number of nitrogens with zero attached hydrogens (tertiary/aromatic N) is 1. The molecule has 142 valence electrons. The summed E-state index contributed by atoms with van der Waals surface area (Å²) >= 11 is 4.29. The van der Waals surface area contributed by atoms with Gasteiger partial charge in [0.15, 0.2) is 0 Å². The second-order valence-corrected chi connectivity index (χ2v) is 6.21. The Morgan fingerprint density at radius 1 is 0.857 bits per heavy atom. The van der Waals surface area contributed by atoms with E-state index >= 15 is 0 Å². The lowest BCUT2D eigenvalue weighted by Crippen LogP contribution is -2.27. The number of carbonyl (C=O) groups excluding carboxylic acids is 2. The zero-order chi connectivity index (χ0) is 19.9. The molecule has 3 rings (SSSR count). The van der Waals surface area contributed by atoms with Gasteiger partial charge in [0.25, 0.3) is 5.91 Å². The van der Waals surface area contributed by atoms with Crippen molar-refractivity contribution in [1.82, 2.24) is 0 Å². The van der Waals surface area contributed by atoms with Gasteiger partial charge in [-0.25, -0.2) is 9.10 Å². The van der Waals surface area contributed by atoms with Crippen molar-refractivity contribution in [2.75, 3.05) is 22.0 Å². The smallest absolute Gasteiger partial charge is 0.336 e. The van der Waals surface area contributed by atoms with Gasteiger partial charge < -0.3 is 15.4 Å². The van der Waals surface area contributed by atoms with Crippen LogP contribution in [0.4, 0.5) is 21.9 Å². The quantitative estimate of drug-likeness (QED) is 0.544. The lowest BCUT2D eigenvalue weighted by molar-refractivity contribution is 0.102. The number of anilines is 3. The van der Waals surface area contributed by atoms with Gasteiger partial charge in [0.2, 0.25) is 0 Å². The van der Waals surface area contributed by atoms with Gasteiger partial charge in [-0.2, -0.15) is 0 Å². The maximum absolute atomic E-state index is 12.6. The molecule has 0 aromatic heterocycles. The normalized spacial score (nSPS) is 10.1. The zero-order valence-electron chi connectivity index (χ0n) is 15.1. The number of rotatable bonds is 5. The third kappa shape index (κ3) is 4.63. The maximum Gasteiger partial charge on any atom is 0.336 e. The third-order valence-corrected chi connectivity index (χ3v) is 4.32. The molecular weight excluding hydrogens is 374 g/mol. The highest BCUT2D eigenvalue weighted by Crippen LogP contribution is 2.31. The summed E-state index contributed by atoms with van der Waals surface area (Å²) in [6, 6.07) is 22.4. The van der Waals surface area contributed by atoms with Gasteiger partial charge in [0, 0.05) is 16.9 Å². The van der Waals surface area contributed by atoms with Crippen LogP contribution in [0.1, 0.15) is 10.4 Å². The van der Waals surface area contributed by atoms with E-state index in [1.54, 1.807) is 42.5 Å². The number of nitrogens with one attached hydrogen (secondary N) is 2. The highest BCUT2D eigenvalue weighted by atomic mass is 32.1. The molecular formula is C21H19N3O3S. The fourth-order valence-electron chi connectivity index (χ4n) is 2.53. The first kappa shape index (κ1) is 19.3. The van der Waals surface area contributed by atoms with Crippen molar-refractivity contribution in [1.29, 1.82) is 0 Å². The van der Waals surface area contributed by atoms with Gasteiger partial charge in [0.05, 0.1) is 12.8 Å². The summed E-state index contributed by atoms with van der Waals surface area (Å²) in [5, 5.41) is 5.54. The Morgan fingerprint density at radius 2 is 1.43 bits per heavy atom. The highest BCUT2D eigenvalue weighted by molar-refractivity contribution is 7.82. The Bertz CT molecular complexity index is 965. The molecule has 0 atom stereocenters. The second-order valence-electron chi connectivity index (χ2n) is 5.81. The van der Waals surface area contributed by atoms with Crippen LogP contribution < -0.4 is 19.7 Å². The number of para-hydroxylation sites is 2. The molecule has 0 aliphatic carbocycles. The topological polar surface area (TPSA) is 70.7 Å². The average Bonchev–Trinajstić information content (AvgIpc) is 2.74. The lowest BCUT2D eigenvalue weighted by atomic mass is 10.1. The standard InChI is InChI=1S/C21H19N3O3S/c1-27-19-13-12-15(20(25)22-16-8-4-2-5-9-16)14-18(19)24(28)21(26)23-17-10-6-3-7-11-17/h2-14,28H,1H3,(H,22,25)(H,23,26). The number of ether oxygens (including phenoxy) is 1. The van der Waals surface area contributed by atoms with E-state index in [1.807, 2.05) is 36.4 Å². The van der Waals surface area contributed by atoms with Crippen molar-refractivity contribution in [2.45, 2.75) is 0 Å². The van der Waals surface area contributed by atoms with Crippen molar-refractivity contribution < 1.29 is 14.3 Å². The van der Waals surface area contributed by atoms with Crippen LogP contribution in [0.3, 0.4) is 0 Å². The first-order valence-electron chi connectivity index (χ1n) is 8.48. The number of carbonyl (C=O) groups is 2. The minimum absolute atomic E-state index is 0.305. The number of thiol groups is 1. The van der Waals surface area contributed by atoms with Gasteiger partial charge in [-0.15, -0.1) is 0 Å². The first-order chi connectivity index (χ1) is 13.6. The maximum atomic E-state index is 12.6. The van der Waals surface area contributed by atoms with E-state index in [0.29, 0.717) is 28.4 Å². The van der Waals surface area contributed by atoms with E-state index in [2.05, 4.69) is 23.4 Å². The zero-order valence-corrected chi connectivity index (χ0v) is 16.0. The van der Waals surface area contributed by atoms with Crippen LogP contribution in [0.25, 0.3) is 0 Å². The van der Waals surface area contributed by atoms with Crippen molar-refractivity contribution in [3.8, 4) is 5.75 Å². The monoisotopic (exact) mass is 393 g/mol. The number of hydrogen-bond acceptors (Lipinski definition) is 4. The molecule has 3 amide bonds. The van der Waals surface area contributed by atoms with E-state index < -0.39 is 6.03 Å². The van der Waals surface area contributed by atoms with Crippen LogP contribution >= 0.6 is 12.8 Å². The van der Waals surface area contributed by atoms with Gasteiger partial charge in [-0.3, -0.25) is 4.79 Å². The predicted molar refractivity (Wildman–Crippen MR) is 114 cm³/mol. The molecule has 0 bridgehead atoms. The average molecular weight is 393 g/mol. The molecule has 6 nitrogen and oxygen atoms in total. The van der Waals surface area contributed by atoms with Gasteiger partial charge in [-0.05, 0) is 42.5 Å². The fourth-order valence-corrected chi connectivity index (χ4v) is 2.74. The highest BCUT2D eigenvalue weighted by Gasteiger charge is 2.19. The summed E-state index contributed by atoms with van der Waals surface area (Å²) in [5.41, 5.74) is 2.02. The Morgan fingerprint density at radius 3 is 2.00 bits per heavy atom. The summed E-state index contributed by atoms with van der Waals surface area (Å²) in [6.45, 7) is 0. The Balaban J connectivity index is 1.82. The second kappa shape index (κ2) is 8.96. The van der Waals surface area contributed by atoms with Crippen LogP contribution in [-0.4, -0.2) is 19.0 Å². The number of benzene rings is 3. The Hall–Kier alpha value is -3.45. The van der Waals surface area contributed by atoms with Crippen molar-refractivity contribution in [3.63, 3.8) is 0 Å². The Labute approximate surface area is 168 Å². The summed E-state index contributed by atoms with van der Waals surface area (Å²) in [4.78, 5) is 25.1. The number of urea groups is 1. The number of methoxy groups -OCH3 is 1. The van der Waals surface area contributed by atoms with Crippen LogP contribution in [0.2, 0.25) is 0 Å². The summed E-state index contributed by atoms with van der Waals surface area (Å²) in [7, 11) is 1.49. The summed E-state index contributed by atoms with van der Waals surface area (Å²) in [5.74, 6) is 0.106. The lowest BCUT2D eigenvalue weighted by Gasteiger charge is -2.20. The molecule has 0 fully saturated rings. The van der Waals surface area contributed by atoms with Gasteiger partial charge in [0.1, 0.15) is 5.75 Å². The SMILES string of the molecule is COc1ccc(C(=O)Nc2ccccc2)cc1N(S)C(=O)Nc1ccccc1. The number of hydrogen-bond donors (Lipinski definition) is 3. The summed E-state index contributed by atoms with van der Waals surface area (Å²) in [6.07, 6.45) is 0. The molecule has 0 unspecified atom stereocenters. The first-order valence-corrected chi connectivity index (χ1v) is 8.88. The largest absolute Gasteiger partial charge is 0.495 e. The van der Waals surface area contributed by atoms with E-state index in [9.17, 15) is 9.59 Å². The van der Waals surface area contributed by atoms with E-state index in [1.165, 1.54) is 7.11 Å². The molecule has 7 heteroatoms. The van der Waals surface area contributed by atoms with E-state index in [4.69, 9.17) is 4.74 Å². The fraction of sp³-hybridized carbons (Fsp3) is 0.0476. The molecule has 0 saturated carbocycles. The molecule has 0 aliphatic rings. The van der Waals surface area contributed by atoms with Crippen molar-refractivity contribution in [2.24, 2.45) is 0 Å². The molecule has 0 radical (unpaired) electrons. The molecule has 0 saturated heterocycles. The molecule has 28 heavy (non-hydrogen) atoms. The minimum Gasteiger partial charge on any atom is -0.495 e.